The summed E-state index contributed by atoms with van der Waals surface area (Å²) in [6.45, 7) is 4.54. The van der Waals surface area contributed by atoms with Crippen LogP contribution in [0.1, 0.15) is 20.7 Å². The van der Waals surface area contributed by atoms with Crippen LogP contribution in [0.15, 0.2) is 60.7 Å². The van der Waals surface area contributed by atoms with Crippen molar-refractivity contribution in [1.29, 1.82) is 0 Å². The molecule has 8 heteroatoms. The zero-order valence-corrected chi connectivity index (χ0v) is 18.8. The van der Waals surface area contributed by atoms with Gasteiger partial charge in [0.05, 0.1) is 0 Å². The van der Waals surface area contributed by atoms with E-state index in [0.717, 1.165) is 0 Å². The van der Waals surface area contributed by atoms with Crippen LogP contribution in [0.4, 0.5) is 0 Å². The molecule has 0 aromatic heterocycles. The zero-order chi connectivity index (χ0) is 18.4. The maximum absolute atomic E-state index is 10.8. The van der Waals surface area contributed by atoms with Crippen LogP contribution >= 0.6 is 0 Å². The molecule has 0 atom stereocenters. The third-order valence-electron chi connectivity index (χ3n) is 2.39. The molecule has 0 bridgehead atoms. The Morgan fingerprint density at radius 1 is 0.769 bits per heavy atom. The molecule has 0 aliphatic carbocycles. The summed E-state index contributed by atoms with van der Waals surface area (Å²) in [6, 6.07) is 17.9. The second-order valence-corrected chi connectivity index (χ2v) is 11.4. The summed E-state index contributed by atoms with van der Waals surface area (Å²) in [6.07, 6.45) is 0.120. The molecule has 2 amide bonds. The van der Waals surface area contributed by atoms with Crippen LogP contribution in [0, 0.1) is 14.1 Å². The van der Waals surface area contributed by atoms with Crippen LogP contribution in [0.5, 0.6) is 0 Å². The van der Waals surface area contributed by atoms with Gasteiger partial charge >= 0.3 is 38.5 Å². The molecule has 2 N–H and O–H groups in total. The molecule has 2 aromatic rings. The normalized spacial score (nSPS) is 7.92. The average Bonchev–Trinajstić information content (AvgIpc) is 2.62. The van der Waals surface area contributed by atoms with Gasteiger partial charge in [0.2, 0.25) is 11.8 Å². The molecular weight excluding hydrogens is 423 g/mol. The van der Waals surface area contributed by atoms with Crippen molar-refractivity contribution in [1.82, 2.24) is 10.6 Å². The van der Waals surface area contributed by atoms with E-state index in [1.54, 1.807) is 24.3 Å². The minimum Gasteiger partial charge on any atom is -1.00 e. The minimum absolute atomic E-state index is 0. The van der Waals surface area contributed by atoms with Crippen LogP contribution < -0.4 is 35.4 Å². The topological polar surface area (TPSA) is 58.2 Å². The van der Waals surface area contributed by atoms with E-state index >= 15 is 0 Å². The average molecular weight is 445 g/mol. The van der Waals surface area contributed by atoms with Crippen molar-refractivity contribution in [2.45, 2.75) is 13.1 Å². The summed E-state index contributed by atoms with van der Waals surface area (Å²) in [5, 5.41) is 4.58. The van der Waals surface area contributed by atoms with Crippen molar-refractivity contribution in [3.05, 3.63) is 85.9 Å². The summed E-state index contributed by atoms with van der Waals surface area (Å²) in [5.74, 6) is -0.304. The first kappa shape index (κ1) is 29.6. The number of hydrogen-bond donors (Lipinski definition) is 2. The Hall–Kier alpha value is -1.11. The van der Waals surface area contributed by atoms with Gasteiger partial charge in [-0.25, -0.2) is 0 Å². The fraction of sp³-hybridized carbons (Fsp3) is 0.111. The van der Waals surface area contributed by atoms with E-state index in [0.29, 0.717) is 11.1 Å². The van der Waals surface area contributed by atoms with Crippen LogP contribution in [-0.2, 0) is 19.2 Å². The van der Waals surface area contributed by atoms with E-state index in [-0.39, 0.29) is 42.8 Å². The van der Waals surface area contributed by atoms with Gasteiger partial charge in [-0.3, -0.25) is 23.7 Å². The summed E-state index contributed by atoms with van der Waals surface area (Å²) < 4.78 is 0. The van der Waals surface area contributed by atoms with E-state index in [2.05, 4.69) is 57.0 Å². The van der Waals surface area contributed by atoms with Gasteiger partial charge in [0, 0.05) is 11.1 Å². The number of carbonyl (C=O) groups is 2. The first-order chi connectivity index (χ1) is 11.4. The molecule has 0 spiro atoms. The molecule has 140 valence electrons. The molecule has 0 fully saturated rings. The van der Waals surface area contributed by atoms with Crippen LogP contribution in [0.2, 0.25) is 13.1 Å². The van der Waals surface area contributed by atoms with E-state index in [9.17, 15) is 9.59 Å². The van der Waals surface area contributed by atoms with E-state index < -0.39 is 0 Å². The molecule has 0 aliphatic rings. The molecule has 0 saturated carbocycles. The monoisotopic (exact) mass is 444 g/mol. The number of hydrogen-bond acceptors (Lipinski definition) is 2. The number of rotatable bonds is 2. The van der Waals surface area contributed by atoms with Crippen molar-refractivity contribution < 1.29 is 53.6 Å². The molecule has 2 aromatic carbocycles. The number of carbonyl (C=O) groups excluding carboxylic acids is 2. The molecule has 0 heterocycles. The van der Waals surface area contributed by atoms with Crippen LogP contribution in [-0.4, -0.2) is 18.0 Å². The largest absolute Gasteiger partial charge is 1.00 e. The number of halogens is 2. The van der Waals surface area contributed by atoms with Gasteiger partial charge in [-0.15, -0.1) is 0 Å². The number of nitrogens with one attached hydrogen (secondary N) is 2. The third kappa shape index (κ3) is 15.2. The quantitative estimate of drug-likeness (QED) is 0.388. The van der Waals surface area contributed by atoms with Crippen molar-refractivity contribution in [2.24, 2.45) is 0 Å². The summed E-state index contributed by atoms with van der Waals surface area (Å²) >= 11 is 2.27. The molecule has 0 unspecified atom stereocenters. The predicted molar refractivity (Wildman–Crippen MR) is 96.0 cm³/mol. The second-order valence-electron chi connectivity index (χ2n) is 4.74. The van der Waals surface area contributed by atoms with Gasteiger partial charge in [-0.1, -0.05) is 36.4 Å². The maximum Gasteiger partial charge on any atom is 0.222 e. The van der Waals surface area contributed by atoms with Gasteiger partial charge in [-0.05, 0) is 24.3 Å². The summed E-state index contributed by atoms with van der Waals surface area (Å²) in [4.78, 5) is 21.7. The standard InChI is InChI=1S/2C8H8NO.C2H6Si.2ClH.Ti/c2*1-9-8(10)7-5-3-2-4-6-7;1-3-2;;;/h2*2-6H,1H2,(H,9,10);1-2H3;2*1H;/q2*-1;;;;+2/p-2. The maximum atomic E-state index is 10.8. The molecule has 2 rings (SSSR count). The Bertz CT molecular complexity index is 589. The Kier molecular flexibility index (Phi) is 21.3. The Morgan fingerprint density at radius 2 is 1.00 bits per heavy atom. The Labute approximate surface area is 180 Å². The fourth-order valence-corrected chi connectivity index (χ4v) is 1.38. The van der Waals surface area contributed by atoms with E-state index in [1.807, 2.05) is 36.4 Å². The Balaban J connectivity index is -0.000000319. The molecule has 26 heavy (non-hydrogen) atoms. The van der Waals surface area contributed by atoms with Gasteiger partial charge in [-0.2, -0.15) is 0 Å². The van der Waals surface area contributed by atoms with Gasteiger partial charge < -0.3 is 35.4 Å². The second kappa shape index (κ2) is 18.7. The van der Waals surface area contributed by atoms with Crippen molar-refractivity contribution in [3.8, 4) is 0 Å². The molecular formula is C18H22Cl2N2O2SiTi-2. The molecule has 0 aliphatic heterocycles. The van der Waals surface area contributed by atoms with Crippen LogP contribution in [0.25, 0.3) is 0 Å². The van der Waals surface area contributed by atoms with Crippen molar-refractivity contribution >= 4 is 18.0 Å². The van der Waals surface area contributed by atoms with Gasteiger partial charge in [0.1, 0.15) is 0 Å². The molecule has 0 saturated heterocycles. The van der Waals surface area contributed by atoms with Crippen molar-refractivity contribution in [3.63, 3.8) is 0 Å². The third-order valence-corrected chi connectivity index (χ3v) is 2.39. The number of amides is 2. The first-order valence-electron chi connectivity index (χ1n) is 7.19. The van der Waals surface area contributed by atoms with Crippen LogP contribution in [0.3, 0.4) is 0 Å². The van der Waals surface area contributed by atoms with Gasteiger partial charge in [0.15, 0.2) is 0 Å². The predicted octanol–water partition coefficient (Wildman–Crippen LogP) is -2.79. The zero-order valence-electron chi connectivity index (χ0n) is 14.8. The molecule has 4 nitrogen and oxygen atoms in total. The first-order valence-corrected chi connectivity index (χ1v) is 12.0. The SMILES string of the molecule is C[Si](C)=[Ti+2].[CH2-]NC(=O)c1ccccc1.[CH2-]NC(=O)c1ccccc1.[Cl-].[Cl-]. The number of benzene rings is 2. The summed E-state index contributed by atoms with van der Waals surface area (Å²) in [7, 11) is 6.52. The molecule has 0 radical (unpaired) electrons. The van der Waals surface area contributed by atoms with Gasteiger partial charge in [0.25, 0.3) is 0 Å². The minimum atomic E-state index is -0.152. The van der Waals surface area contributed by atoms with E-state index in [1.165, 1.54) is 0 Å². The van der Waals surface area contributed by atoms with Crippen molar-refractivity contribution in [2.75, 3.05) is 0 Å². The smallest absolute Gasteiger partial charge is 0.222 e. The Morgan fingerprint density at radius 3 is 1.19 bits per heavy atom. The van der Waals surface area contributed by atoms with E-state index in [4.69, 9.17) is 0 Å². The fourth-order valence-electron chi connectivity index (χ4n) is 1.38. The summed E-state index contributed by atoms with van der Waals surface area (Å²) in [5.41, 5.74) is 1.27.